The molecule has 0 saturated heterocycles. The van der Waals surface area contributed by atoms with E-state index in [1.807, 2.05) is 24.3 Å². The third kappa shape index (κ3) is 1.71. The van der Waals surface area contributed by atoms with Crippen molar-refractivity contribution in [2.45, 2.75) is 49.7 Å². The van der Waals surface area contributed by atoms with Gasteiger partial charge in [0.15, 0.2) is 0 Å². The molecule has 0 bridgehead atoms. The zero-order valence-electron chi connectivity index (χ0n) is 10.4. The maximum Gasteiger partial charge on any atom is 0.235 e. The molecular weight excluding hydrogens is 226 g/mol. The van der Waals surface area contributed by atoms with Crippen molar-refractivity contribution in [1.29, 1.82) is 0 Å². The first-order valence-electron chi connectivity index (χ1n) is 6.62. The van der Waals surface area contributed by atoms with Gasteiger partial charge in [0.25, 0.3) is 0 Å². The molecule has 1 N–H and O–H groups in total. The quantitative estimate of drug-likeness (QED) is 0.655. The molecule has 2 aliphatic carbocycles. The van der Waals surface area contributed by atoms with Crippen LogP contribution in [0.1, 0.15) is 49.7 Å². The topological polar surface area (TPSA) is 49.7 Å². The molecule has 0 radical (unpaired) electrons. The fourth-order valence-corrected chi connectivity index (χ4v) is 3.17. The van der Waals surface area contributed by atoms with Crippen molar-refractivity contribution in [3.05, 3.63) is 35.4 Å². The summed E-state index contributed by atoms with van der Waals surface area (Å²) in [4.78, 5) is 14.9. The molecule has 3 nitrogen and oxygen atoms in total. The number of carbonyl (C=O) groups excluding carboxylic acids is 1. The van der Waals surface area contributed by atoms with Gasteiger partial charge in [0.2, 0.25) is 6.08 Å². The molecule has 0 aromatic heterocycles. The first-order valence-corrected chi connectivity index (χ1v) is 6.62. The molecule has 0 heterocycles. The summed E-state index contributed by atoms with van der Waals surface area (Å²) in [6, 6.07) is 7.90. The van der Waals surface area contributed by atoms with Gasteiger partial charge in [-0.1, -0.05) is 37.1 Å². The van der Waals surface area contributed by atoms with Crippen LogP contribution in [0, 0.1) is 0 Å². The molecule has 3 heteroatoms. The third-order valence-corrected chi connectivity index (χ3v) is 4.34. The van der Waals surface area contributed by atoms with Crippen LogP contribution in [0.4, 0.5) is 0 Å². The molecule has 94 valence electrons. The second-order valence-corrected chi connectivity index (χ2v) is 5.52. The van der Waals surface area contributed by atoms with Gasteiger partial charge in [0.1, 0.15) is 0 Å². The molecule has 18 heavy (non-hydrogen) atoms. The second kappa shape index (κ2) is 4.04. The van der Waals surface area contributed by atoms with Crippen molar-refractivity contribution in [2.24, 2.45) is 4.99 Å². The number of aliphatic hydroxyl groups is 1. The van der Waals surface area contributed by atoms with Crippen LogP contribution in [-0.2, 0) is 15.9 Å². The average molecular weight is 243 g/mol. The fourth-order valence-electron chi connectivity index (χ4n) is 3.17. The number of nitrogens with zero attached hydrogens (tertiary/aromatic N) is 1. The molecule has 0 spiro atoms. The van der Waals surface area contributed by atoms with Crippen LogP contribution in [0.25, 0.3) is 0 Å². The minimum Gasteiger partial charge on any atom is -0.385 e. The highest BCUT2D eigenvalue weighted by Crippen LogP contribution is 2.52. The predicted octanol–water partition coefficient (Wildman–Crippen LogP) is 2.77. The Morgan fingerprint density at radius 2 is 1.67 bits per heavy atom. The summed E-state index contributed by atoms with van der Waals surface area (Å²) in [7, 11) is 0. The van der Waals surface area contributed by atoms with E-state index < -0.39 is 11.1 Å². The van der Waals surface area contributed by atoms with Crippen LogP contribution in [0.3, 0.4) is 0 Å². The Kier molecular flexibility index (Phi) is 2.61. The molecule has 2 aliphatic rings. The van der Waals surface area contributed by atoms with E-state index in [9.17, 15) is 9.90 Å². The van der Waals surface area contributed by atoms with Crippen molar-refractivity contribution in [2.75, 3.05) is 0 Å². The lowest BCUT2D eigenvalue weighted by Gasteiger charge is -2.27. The molecule has 0 unspecified atom stereocenters. The summed E-state index contributed by atoms with van der Waals surface area (Å²) < 4.78 is 0. The average Bonchev–Trinajstić information content (AvgIpc) is 2.97. The molecule has 0 aliphatic heterocycles. The maximum absolute atomic E-state index is 10.8. The first kappa shape index (κ1) is 11.6. The second-order valence-electron chi connectivity index (χ2n) is 5.52. The van der Waals surface area contributed by atoms with E-state index in [0.717, 1.165) is 49.7 Å². The van der Waals surface area contributed by atoms with E-state index in [-0.39, 0.29) is 0 Å². The molecule has 0 amide bonds. The monoisotopic (exact) mass is 243 g/mol. The van der Waals surface area contributed by atoms with E-state index >= 15 is 0 Å². The van der Waals surface area contributed by atoms with Gasteiger partial charge >= 0.3 is 0 Å². The van der Waals surface area contributed by atoms with E-state index in [1.54, 1.807) is 6.08 Å². The summed E-state index contributed by atoms with van der Waals surface area (Å²) >= 11 is 0. The summed E-state index contributed by atoms with van der Waals surface area (Å²) in [6.07, 6.45) is 7.29. The molecule has 2 fully saturated rings. The lowest BCUT2D eigenvalue weighted by Crippen LogP contribution is -2.23. The zero-order chi connectivity index (χ0) is 12.6. The van der Waals surface area contributed by atoms with Gasteiger partial charge in [-0.25, -0.2) is 4.79 Å². The standard InChI is InChI=1S/C15H17NO2/c17-11-16-14(7-3-4-8-14)12-5-1-2-6-13(12)15(18)9-10-15/h1-2,5-6,18H,3-4,7-10H2. The van der Waals surface area contributed by atoms with Crippen molar-refractivity contribution >= 4 is 6.08 Å². The van der Waals surface area contributed by atoms with E-state index in [4.69, 9.17) is 0 Å². The highest BCUT2D eigenvalue weighted by atomic mass is 16.3. The summed E-state index contributed by atoms with van der Waals surface area (Å²) in [6.45, 7) is 0. The van der Waals surface area contributed by atoms with E-state index in [0.29, 0.717) is 0 Å². The Balaban J connectivity index is 2.13. The van der Waals surface area contributed by atoms with Gasteiger partial charge < -0.3 is 5.11 Å². The normalized spacial score (nSPS) is 23.4. The highest BCUT2D eigenvalue weighted by Gasteiger charge is 2.47. The largest absolute Gasteiger partial charge is 0.385 e. The van der Waals surface area contributed by atoms with Crippen molar-refractivity contribution in [3.8, 4) is 0 Å². The minimum atomic E-state index is -0.676. The molecular formula is C15H17NO2. The van der Waals surface area contributed by atoms with Gasteiger partial charge in [-0.15, -0.1) is 0 Å². The highest BCUT2D eigenvalue weighted by molar-refractivity contribution is 5.45. The fraction of sp³-hybridized carbons (Fsp3) is 0.533. The van der Waals surface area contributed by atoms with Crippen LogP contribution in [0.5, 0.6) is 0 Å². The summed E-state index contributed by atoms with van der Waals surface area (Å²) in [5, 5.41) is 10.4. The van der Waals surface area contributed by atoms with Gasteiger partial charge in [0, 0.05) is 0 Å². The predicted molar refractivity (Wildman–Crippen MR) is 67.8 cm³/mol. The molecule has 1 aromatic carbocycles. The van der Waals surface area contributed by atoms with Gasteiger partial charge in [-0.3, -0.25) is 0 Å². The first-order chi connectivity index (χ1) is 8.70. The van der Waals surface area contributed by atoms with Crippen molar-refractivity contribution in [3.63, 3.8) is 0 Å². The Morgan fingerprint density at radius 1 is 1.06 bits per heavy atom. The minimum absolute atomic E-state index is 0.434. The summed E-state index contributed by atoms with van der Waals surface area (Å²) in [5.74, 6) is 0. The van der Waals surface area contributed by atoms with Crippen molar-refractivity contribution in [1.82, 2.24) is 0 Å². The Labute approximate surface area is 107 Å². The summed E-state index contributed by atoms with van der Waals surface area (Å²) in [5.41, 5.74) is 0.887. The third-order valence-electron chi connectivity index (χ3n) is 4.34. The number of hydrogen-bond donors (Lipinski definition) is 1. The van der Waals surface area contributed by atoms with Crippen LogP contribution in [-0.4, -0.2) is 11.2 Å². The molecule has 3 rings (SSSR count). The van der Waals surface area contributed by atoms with Crippen molar-refractivity contribution < 1.29 is 9.90 Å². The lowest BCUT2D eigenvalue weighted by atomic mass is 9.83. The number of hydrogen-bond acceptors (Lipinski definition) is 3. The zero-order valence-corrected chi connectivity index (χ0v) is 10.4. The Morgan fingerprint density at radius 3 is 2.22 bits per heavy atom. The maximum atomic E-state index is 10.8. The van der Waals surface area contributed by atoms with Crippen LogP contribution in [0.15, 0.2) is 29.3 Å². The smallest absolute Gasteiger partial charge is 0.235 e. The van der Waals surface area contributed by atoms with Crippen LogP contribution in [0.2, 0.25) is 0 Å². The number of isocyanates is 1. The number of aliphatic imine (C=N–C) groups is 1. The number of rotatable bonds is 3. The molecule has 1 aromatic rings. The SMILES string of the molecule is O=C=NC1(c2ccccc2C2(O)CC2)CCCC1. The molecule has 0 atom stereocenters. The van der Waals surface area contributed by atoms with Gasteiger partial charge in [-0.2, -0.15) is 4.99 Å². The number of benzene rings is 1. The molecule has 2 saturated carbocycles. The van der Waals surface area contributed by atoms with Gasteiger partial charge in [0.05, 0.1) is 11.1 Å². The van der Waals surface area contributed by atoms with Crippen LogP contribution < -0.4 is 0 Å². The Bertz CT molecular complexity index is 507. The van der Waals surface area contributed by atoms with Crippen LogP contribution >= 0.6 is 0 Å². The lowest BCUT2D eigenvalue weighted by molar-refractivity contribution is 0.148. The van der Waals surface area contributed by atoms with E-state index in [2.05, 4.69) is 4.99 Å². The van der Waals surface area contributed by atoms with E-state index in [1.165, 1.54) is 0 Å². The van der Waals surface area contributed by atoms with Gasteiger partial charge in [-0.05, 0) is 36.8 Å². The Hall–Kier alpha value is -1.44.